The highest BCUT2D eigenvalue weighted by Gasteiger charge is 2.54. The second kappa shape index (κ2) is 9.09. The molecule has 2 aromatic rings. The Morgan fingerprint density at radius 2 is 1.89 bits per heavy atom. The molecule has 186 valence electrons. The molecule has 2 aromatic heterocycles. The third-order valence-electron chi connectivity index (χ3n) is 7.24. The van der Waals surface area contributed by atoms with Crippen LogP contribution < -0.4 is 16.1 Å². The van der Waals surface area contributed by atoms with Gasteiger partial charge in [-0.3, -0.25) is 15.1 Å². The fraction of sp³-hybridized carbons (Fsp3) is 0.478. The molecule has 0 aromatic carbocycles. The first-order valence-electron chi connectivity index (χ1n) is 11.5. The minimum Gasteiger partial charge on any atom is -0.340 e. The summed E-state index contributed by atoms with van der Waals surface area (Å²) in [6.45, 7) is 1.77. The smallest absolute Gasteiger partial charge is 0.340 e. The SMILES string of the molecule is C[C@@H](c1ccc(C(F)(F)F)nc1)N1NC(C#N)C2C(=O)NC([C@H]3CC[C@@H]3c3ncc(C#N)cn3)NC21. The van der Waals surface area contributed by atoms with E-state index in [4.69, 9.17) is 5.26 Å². The highest BCUT2D eigenvalue weighted by Crippen LogP contribution is 2.44. The third kappa shape index (κ3) is 4.15. The van der Waals surface area contributed by atoms with E-state index in [0.717, 1.165) is 25.1 Å². The van der Waals surface area contributed by atoms with E-state index in [1.807, 2.05) is 6.07 Å². The van der Waals surface area contributed by atoms with Crippen molar-refractivity contribution in [1.82, 2.24) is 36.0 Å². The number of nitriles is 2. The zero-order valence-electron chi connectivity index (χ0n) is 19.1. The molecule has 36 heavy (non-hydrogen) atoms. The van der Waals surface area contributed by atoms with Gasteiger partial charge in [0.1, 0.15) is 23.6 Å². The number of aromatic nitrogens is 3. The largest absolute Gasteiger partial charge is 0.433 e. The van der Waals surface area contributed by atoms with Gasteiger partial charge in [-0.2, -0.15) is 23.7 Å². The molecule has 5 rings (SSSR count). The summed E-state index contributed by atoms with van der Waals surface area (Å²) in [5.74, 6) is -0.425. The topological polar surface area (TPSA) is 143 Å². The predicted octanol–water partition coefficient (Wildman–Crippen LogP) is 1.72. The maximum Gasteiger partial charge on any atom is 0.433 e. The van der Waals surface area contributed by atoms with Gasteiger partial charge in [0, 0.05) is 36.5 Å². The molecule has 3 fully saturated rings. The summed E-state index contributed by atoms with van der Waals surface area (Å²) in [5, 5.41) is 26.8. The van der Waals surface area contributed by atoms with Crippen molar-refractivity contribution in [3.63, 3.8) is 0 Å². The minimum absolute atomic E-state index is 0.00568. The number of rotatable bonds is 4. The van der Waals surface area contributed by atoms with Gasteiger partial charge in [-0.1, -0.05) is 6.07 Å². The van der Waals surface area contributed by atoms with Gasteiger partial charge in [-0.15, -0.1) is 0 Å². The fourth-order valence-electron chi connectivity index (χ4n) is 5.14. The van der Waals surface area contributed by atoms with Gasteiger partial charge in [0.05, 0.1) is 29.9 Å². The van der Waals surface area contributed by atoms with E-state index in [0.29, 0.717) is 17.0 Å². The van der Waals surface area contributed by atoms with Crippen molar-refractivity contribution in [2.24, 2.45) is 11.8 Å². The summed E-state index contributed by atoms with van der Waals surface area (Å²) >= 11 is 0. The van der Waals surface area contributed by atoms with Gasteiger partial charge in [0.15, 0.2) is 0 Å². The lowest BCUT2D eigenvalue weighted by Gasteiger charge is -2.47. The van der Waals surface area contributed by atoms with Crippen molar-refractivity contribution >= 4 is 5.91 Å². The lowest BCUT2D eigenvalue weighted by Crippen LogP contribution is -2.68. The molecule has 1 amide bonds. The molecule has 10 nitrogen and oxygen atoms in total. The van der Waals surface area contributed by atoms with Crippen molar-refractivity contribution in [3.8, 4) is 12.1 Å². The Hall–Kier alpha value is -3.65. The van der Waals surface area contributed by atoms with Gasteiger partial charge in [-0.25, -0.2) is 20.4 Å². The Bertz CT molecular complexity index is 1220. The summed E-state index contributed by atoms with van der Waals surface area (Å²) in [7, 11) is 0. The van der Waals surface area contributed by atoms with Gasteiger partial charge in [-0.05, 0) is 31.4 Å². The zero-order valence-corrected chi connectivity index (χ0v) is 19.1. The van der Waals surface area contributed by atoms with Gasteiger partial charge in [0.2, 0.25) is 5.91 Å². The quantitative estimate of drug-likeness (QED) is 0.575. The predicted molar refractivity (Wildman–Crippen MR) is 117 cm³/mol. The fourth-order valence-corrected chi connectivity index (χ4v) is 5.14. The number of amides is 1. The van der Waals surface area contributed by atoms with Crippen LogP contribution in [-0.2, 0) is 11.0 Å². The molecule has 0 radical (unpaired) electrons. The molecule has 3 N–H and O–H groups in total. The molecule has 0 spiro atoms. The first-order chi connectivity index (χ1) is 17.2. The molecule has 3 aliphatic rings. The lowest BCUT2D eigenvalue weighted by molar-refractivity contribution is -0.141. The van der Waals surface area contributed by atoms with Crippen LogP contribution in [0.15, 0.2) is 30.7 Å². The van der Waals surface area contributed by atoms with Crippen LogP contribution in [0.5, 0.6) is 0 Å². The van der Waals surface area contributed by atoms with Gasteiger partial charge >= 0.3 is 6.18 Å². The van der Waals surface area contributed by atoms with Crippen molar-refractivity contribution in [1.29, 1.82) is 10.5 Å². The van der Waals surface area contributed by atoms with E-state index >= 15 is 0 Å². The summed E-state index contributed by atoms with van der Waals surface area (Å²) < 4.78 is 38.8. The first-order valence-corrected chi connectivity index (χ1v) is 11.5. The van der Waals surface area contributed by atoms with E-state index in [9.17, 15) is 23.2 Å². The van der Waals surface area contributed by atoms with Crippen LogP contribution in [-0.4, -0.2) is 44.2 Å². The van der Waals surface area contributed by atoms with Crippen molar-refractivity contribution in [3.05, 3.63) is 53.4 Å². The molecule has 13 heteroatoms. The van der Waals surface area contributed by atoms with Crippen LogP contribution in [0, 0.1) is 34.5 Å². The minimum atomic E-state index is -4.54. The van der Waals surface area contributed by atoms with Gasteiger partial charge in [0.25, 0.3) is 0 Å². The number of hydrogen-bond acceptors (Lipinski definition) is 9. The number of halogens is 3. The molecule has 4 unspecified atom stereocenters. The Kier molecular flexibility index (Phi) is 6.08. The molecule has 2 saturated heterocycles. The monoisotopic (exact) mass is 497 g/mol. The standard InChI is InChI=1S/C23H22F3N9O/c1-11(13-2-5-17(29-10-13)23(24,25)26)35-21-18(16(7-28)34-35)22(36)33-20(32-21)15-4-3-14(15)19-30-8-12(6-27)9-31-19/h2,5,8-11,14-16,18,20-21,32,34H,3-4H2,1H3,(H,33,36)/t11-,14-,15-,16?,18?,20?,21?/m0/s1. The Morgan fingerprint density at radius 3 is 2.44 bits per heavy atom. The second-order valence-electron chi connectivity index (χ2n) is 9.21. The van der Waals surface area contributed by atoms with Crippen LogP contribution in [0.25, 0.3) is 0 Å². The van der Waals surface area contributed by atoms with Crippen molar-refractivity contribution in [2.75, 3.05) is 0 Å². The summed E-state index contributed by atoms with van der Waals surface area (Å²) in [6.07, 6.45) is 0.214. The Labute approximate surface area is 204 Å². The summed E-state index contributed by atoms with van der Waals surface area (Å²) in [4.78, 5) is 25.3. The van der Waals surface area contributed by atoms with E-state index in [-0.39, 0.29) is 17.7 Å². The highest BCUT2D eigenvalue weighted by atomic mass is 19.4. The molecule has 2 aliphatic heterocycles. The van der Waals surface area contributed by atoms with Crippen LogP contribution in [0.2, 0.25) is 0 Å². The highest BCUT2D eigenvalue weighted by molar-refractivity contribution is 5.82. The number of pyridine rings is 1. The number of carbonyl (C=O) groups excluding carboxylic acids is 1. The zero-order chi connectivity index (χ0) is 25.6. The van der Waals surface area contributed by atoms with Crippen LogP contribution in [0.4, 0.5) is 13.2 Å². The summed E-state index contributed by atoms with van der Waals surface area (Å²) in [5.41, 5.74) is 2.93. The number of hydrazine groups is 1. The normalized spacial score (nSPS) is 30.9. The van der Waals surface area contributed by atoms with E-state index < -0.39 is 42.2 Å². The number of carbonyl (C=O) groups is 1. The number of nitrogens with zero attached hydrogens (tertiary/aromatic N) is 6. The molecule has 1 saturated carbocycles. The molecule has 1 aliphatic carbocycles. The average Bonchev–Trinajstić information content (AvgIpc) is 3.22. The van der Waals surface area contributed by atoms with Crippen LogP contribution in [0.3, 0.4) is 0 Å². The maximum absolute atomic E-state index is 13.1. The Morgan fingerprint density at radius 1 is 1.14 bits per heavy atom. The van der Waals surface area contributed by atoms with Crippen LogP contribution in [0.1, 0.15) is 54.4 Å². The van der Waals surface area contributed by atoms with E-state index in [2.05, 4.69) is 37.1 Å². The number of hydrogen-bond donors (Lipinski definition) is 3. The number of fused-ring (bicyclic) bond motifs is 1. The summed E-state index contributed by atoms with van der Waals surface area (Å²) in [6, 6.07) is 5.07. The van der Waals surface area contributed by atoms with Crippen molar-refractivity contribution < 1.29 is 18.0 Å². The van der Waals surface area contributed by atoms with E-state index in [1.165, 1.54) is 18.5 Å². The van der Waals surface area contributed by atoms with Crippen molar-refractivity contribution in [2.45, 2.75) is 56.3 Å². The molecular formula is C23H22F3N9O. The molecule has 7 atom stereocenters. The lowest BCUT2D eigenvalue weighted by atomic mass is 9.70. The molecule has 4 heterocycles. The van der Waals surface area contributed by atoms with Gasteiger partial charge < -0.3 is 5.32 Å². The maximum atomic E-state index is 13.1. The van der Waals surface area contributed by atoms with E-state index in [1.54, 1.807) is 11.9 Å². The third-order valence-corrected chi connectivity index (χ3v) is 7.24. The molecular weight excluding hydrogens is 475 g/mol. The Balaban J connectivity index is 1.36. The molecule has 0 bridgehead atoms. The second-order valence-corrected chi connectivity index (χ2v) is 9.21. The van der Waals surface area contributed by atoms with Crippen LogP contribution >= 0.6 is 0 Å². The first kappa shape index (κ1) is 24.1. The number of alkyl halides is 3. The average molecular weight is 497 g/mol. The number of nitrogens with one attached hydrogen (secondary N) is 3.